The van der Waals surface area contributed by atoms with Gasteiger partial charge in [0.2, 0.25) is 12.4 Å². The first-order valence-corrected chi connectivity index (χ1v) is 12.6. The van der Waals surface area contributed by atoms with Crippen molar-refractivity contribution in [3.05, 3.63) is 52.0 Å². The Kier molecular flexibility index (Phi) is 9.22. The second-order valence-corrected chi connectivity index (χ2v) is 9.36. The lowest BCUT2D eigenvalue weighted by atomic mass is 9.98. The summed E-state index contributed by atoms with van der Waals surface area (Å²) in [5.41, 5.74) is 1.42. The highest BCUT2D eigenvalue weighted by molar-refractivity contribution is 6.37. The smallest absolute Gasteiger partial charge is 0.337 e. The summed E-state index contributed by atoms with van der Waals surface area (Å²) in [5, 5.41) is -0.151. The summed E-state index contributed by atoms with van der Waals surface area (Å²) < 4.78 is 66.7. The van der Waals surface area contributed by atoms with E-state index in [1.54, 1.807) is 12.1 Å². The number of carbonyl (C=O) groups excluding carboxylic acids is 5. The van der Waals surface area contributed by atoms with Crippen LogP contribution in [0, 0.1) is 0 Å². The third kappa shape index (κ3) is 8.34. The zero-order chi connectivity index (χ0) is 34.0. The van der Waals surface area contributed by atoms with E-state index < -0.39 is 94.8 Å². The van der Waals surface area contributed by atoms with Crippen molar-refractivity contribution in [1.29, 1.82) is 0 Å². The molecule has 2 aromatic rings. The minimum atomic E-state index is -1.77. The van der Waals surface area contributed by atoms with Crippen LogP contribution in [0.3, 0.4) is 0 Å². The molecule has 42 heavy (non-hydrogen) atoms. The molecule has 1 heterocycles. The number of carbonyl (C=O) groups is 5. The molecule has 1 unspecified atom stereocenters. The molecule has 0 aromatic heterocycles. The van der Waals surface area contributed by atoms with Gasteiger partial charge in [-0.2, -0.15) is 0 Å². The van der Waals surface area contributed by atoms with Crippen molar-refractivity contribution >= 4 is 53.0 Å². The van der Waals surface area contributed by atoms with Gasteiger partial charge >= 0.3 is 29.8 Å². The number of ether oxygens (including phenoxy) is 7. The van der Waals surface area contributed by atoms with Crippen LogP contribution in [0.2, 0.25) is 10.0 Å². The van der Waals surface area contributed by atoms with E-state index in [4.69, 9.17) is 61.8 Å². The minimum Gasteiger partial charge on any atom is -0.465 e. The first kappa shape index (κ1) is 27.0. The third-order valence-corrected chi connectivity index (χ3v) is 6.24. The zero-order valence-electron chi connectivity index (χ0n) is 26.0. The van der Waals surface area contributed by atoms with Crippen LogP contribution < -0.4 is 4.74 Å². The fourth-order valence-corrected chi connectivity index (χ4v) is 4.59. The summed E-state index contributed by atoms with van der Waals surface area (Å²) in [5.74, 6) is -5.13. The van der Waals surface area contributed by atoms with E-state index in [2.05, 4.69) is 0 Å². The number of methoxy groups -OCH3 is 1. The summed E-state index contributed by atoms with van der Waals surface area (Å²) >= 11 is 13.1. The van der Waals surface area contributed by atoms with Crippen molar-refractivity contribution in [2.24, 2.45) is 0 Å². The maximum Gasteiger partial charge on any atom is 0.337 e. The van der Waals surface area contributed by atoms with Crippen molar-refractivity contribution in [3.63, 3.8) is 0 Å². The topological polar surface area (TPSA) is 150 Å². The maximum absolute atomic E-state index is 12.3. The highest BCUT2D eigenvalue weighted by Crippen LogP contribution is 2.40. The van der Waals surface area contributed by atoms with Crippen LogP contribution in [0.25, 0.3) is 11.1 Å². The largest absolute Gasteiger partial charge is 0.465 e. The van der Waals surface area contributed by atoms with Gasteiger partial charge in [0.05, 0.1) is 22.7 Å². The molecular weight excluding hydrogens is 599 g/mol. The number of esters is 5. The maximum atomic E-state index is 12.3. The normalized spacial score (nSPS) is 22.7. The van der Waals surface area contributed by atoms with E-state index >= 15 is 0 Å². The SMILES string of the molecule is [2H]CC(=O)OC[C@H]1OC(Oc2c(Cl)cc(-c3ccc(C(=O)OC)cc3)cc2Cl)[C@@H](OC(=O)C[2H])[C@@H](OC(=O)C[2H])[C@@H]1OC(=O)C[2H]. The van der Waals surface area contributed by atoms with Crippen LogP contribution in [0.1, 0.15) is 43.4 Å². The van der Waals surface area contributed by atoms with Gasteiger partial charge in [-0.05, 0) is 35.4 Å². The average Bonchev–Trinajstić information content (AvgIpc) is 3.06. The monoisotopic (exact) mass is 630 g/mol. The number of hydrogen-bond donors (Lipinski definition) is 0. The van der Waals surface area contributed by atoms with E-state index in [0.717, 1.165) is 0 Å². The Labute approximate surface area is 256 Å². The Hall–Kier alpha value is -3.87. The first-order chi connectivity index (χ1) is 21.9. The molecule has 1 saturated heterocycles. The van der Waals surface area contributed by atoms with Crippen LogP contribution in [0.4, 0.5) is 0 Å². The average molecular weight is 631 g/mol. The molecule has 14 heteroatoms. The molecule has 0 saturated carbocycles. The van der Waals surface area contributed by atoms with E-state index in [1.165, 1.54) is 31.4 Å². The molecule has 2 aromatic carbocycles. The molecule has 0 radical (unpaired) electrons. The van der Waals surface area contributed by atoms with Crippen molar-refractivity contribution in [1.82, 2.24) is 0 Å². The van der Waals surface area contributed by atoms with Gasteiger partial charge in [-0.15, -0.1) is 0 Å². The van der Waals surface area contributed by atoms with Gasteiger partial charge in [-0.1, -0.05) is 35.3 Å². The van der Waals surface area contributed by atoms with Crippen LogP contribution in [-0.2, 0) is 47.6 Å². The molecule has 1 fully saturated rings. The summed E-state index contributed by atoms with van der Waals surface area (Å²) in [6.07, 6.45) is -8.44. The molecule has 226 valence electrons. The molecule has 1 aliphatic rings. The van der Waals surface area contributed by atoms with Gasteiger partial charge in [-0.3, -0.25) is 19.2 Å². The first-order valence-electron chi connectivity index (χ1n) is 14.7. The number of rotatable bonds is 9. The summed E-state index contributed by atoms with van der Waals surface area (Å²) in [7, 11) is 1.25. The number of benzene rings is 2. The van der Waals surface area contributed by atoms with Crippen LogP contribution >= 0.6 is 23.2 Å². The predicted molar refractivity (Wildman–Crippen MR) is 146 cm³/mol. The fourth-order valence-electron chi connectivity index (χ4n) is 4.01. The lowest BCUT2D eigenvalue weighted by molar-refractivity contribution is -0.288. The minimum absolute atomic E-state index is 0.0756. The fraction of sp³-hybridized carbons (Fsp3) is 0.393. The highest BCUT2D eigenvalue weighted by atomic mass is 35.5. The molecule has 3 rings (SSSR count). The Balaban J connectivity index is 2.05. The second kappa shape index (κ2) is 14.3. The van der Waals surface area contributed by atoms with Gasteiger partial charge in [0, 0.05) is 33.1 Å². The Morgan fingerprint density at radius 2 is 1.33 bits per heavy atom. The summed E-state index contributed by atoms with van der Waals surface area (Å²) in [4.78, 5) is 60.3. The molecule has 0 aliphatic carbocycles. The predicted octanol–water partition coefficient (Wildman–Crippen LogP) is 3.91. The van der Waals surface area contributed by atoms with Crippen molar-refractivity contribution in [2.45, 2.75) is 58.3 Å². The van der Waals surface area contributed by atoms with Gasteiger partial charge in [0.25, 0.3) is 0 Å². The van der Waals surface area contributed by atoms with Crippen molar-refractivity contribution < 1.29 is 62.6 Å². The lowest BCUT2D eigenvalue weighted by Gasteiger charge is -2.44. The molecule has 0 bridgehead atoms. The standard InChI is InChI=1S/C28H28Cl2O12/c1-13(31)37-12-22-24(38-14(2)32)25(39-15(3)33)26(40-16(4)34)28(41-22)42-23-20(29)10-19(11-21(23)30)17-6-8-18(9-7-17)27(35)36-5/h6-11,22,24-26,28H,12H2,1-5H3/t22-,24-,25+,26+,28?/m1/s1/i1D,2D,3D,4D. The van der Waals surface area contributed by atoms with E-state index in [-0.39, 0.29) is 15.8 Å². The van der Waals surface area contributed by atoms with Crippen LogP contribution in [0.5, 0.6) is 5.75 Å². The van der Waals surface area contributed by atoms with Gasteiger partial charge in [-0.25, -0.2) is 4.79 Å². The van der Waals surface area contributed by atoms with E-state index in [0.29, 0.717) is 16.7 Å². The zero-order valence-corrected chi connectivity index (χ0v) is 23.6. The lowest BCUT2D eigenvalue weighted by Crippen LogP contribution is -2.63. The molecule has 0 N–H and O–H groups in total. The van der Waals surface area contributed by atoms with Crippen LogP contribution in [0.15, 0.2) is 36.4 Å². The molecule has 5 atom stereocenters. The Morgan fingerprint density at radius 3 is 1.88 bits per heavy atom. The van der Waals surface area contributed by atoms with E-state index in [1.807, 2.05) is 0 Å². The van der Waals surface area contributed by atoms with E-state index in [9.17, 15) is 24.0 Å². The highest BCUT2D eigenvalue weighted by Gasteiger charge is 2.53. The quantitative estimate of drug-likeness (QED) is 0.292. The summed E-state index contributed by atoms with van der Waals surface area (Å²) in [6, 6.07) is 9.25. The Morgan fingerprint density at radius 1 is 0.786 bits per heavy atom. The van der Waals surface area contributed by atoms with Crippen molar-refractivity contribution in [3.8, 4) is 16.9 Å². The van der Waals surface area contributed by atoms with Gasteiger partial charge in [0.1, 0.15) is 12.7 Å². The molecule has 1 aliphatic heterocycles. The van der Waals surface area contributed by atoms with Gasteiger partial charge < -0.3 is 33.2 Å². The number of hydrogen-bond acceptors (Lipinski definition) is 12. The molecule has 0 spiro atoms. The second-order valence-electron chi connectivity index (χ2n) is 8.55. The molecule has 12 nitrogen and oxygen atoms in total. The Bertz CT molecular complexity index is 1400. The number of halogens is 2. The third-order valence-electron chi connectivity index (χ3n) is 5.67. The van der Waals surface area contributed by atoms with Crippen molar-refractivity contribution in [2.75, 3.05) is 13.7 Å². The molecule has 0 amide bonds. The van der Waals surface area contributed by atoms with Crippen LogP contribution in [-0.4, -0.2) is 74.3 Å². The van der Waals surface area contributed by atoms with Gasteiger partial charge in [0.15, 0.2) is 18.0 Å². The summed E-state index contributed by atoms with van der Waals surface area (Å²) in [6.45, 7) is -4.12. The molecular formula is C28H28Cl2O12.